The van der Waals surface area contributed by atoms with E-state index in [0.717, 1.165) is 6.07 Å². The average Bonchev–Trinajstić information content (AvgIpc) is 2.44. The molecule has 0 spiro atoms. The minimum absolute atomic E-state index is 0.338. The Bertz CT molecular complexity index is 615. The van der Waals surface area contributed by atoms with Crippen LogP contribution in [0.15, 0.2) is 18.2 Å². The summed E-state index contributed by atoms with van der Waals surface area (Å²) in [5, 5.41) is 14.0. The van der Waals surface area contributed by atoms with Gasteiger partial charge in [-0.05, 0) is 32.4 Å². The summed E-state index contributed by atoms with van der Waals surface area (Å²) < 4.78 is 19.1. The van der Waals surface area contributed by atoms with Crippen LogP contribution in [-0.2, 0) is 4.74 Å². The lowest BCUT2D eigenvalue weighted by Gasteiger charge is -2.37. The molecule has 8 heteroatoms. The van der Waals surface area contributed by atoms with Gasteiger partial charge in [0.1, 0.15) is 11.4 Å². The van der Waals surface area contributed by atoms with E-state index in [1.807, 2.05) is 0 Å². The van der Waals surface area contributed by atoms with Crippen molar-refractivity contribution in [3.05, 3.63) is 39.7 Å². The van der Waals surface area contributed by atoms with Crippen LogP contribution in [0.3, 0.4) is 0 Å². The highest BCUT2D eigenvalue weighted by Gasteiger charge is 2.32. The maximum atomic E-state index is 13.7. The van der Waals surface area contributed by atoms with Gasteiger partial charge in [0.25, 0.3) is 5.69 Å². The third kappa shape index (κ3) is 4.38. The summed E-state index contributed by atoms with van der Waals surface area (Å²) in [6.07, 6.45) is -0.518. The molecule has 1 aliphatic heterocycles. The molecule has 1 aromatic carbocycles. The Morgan fingerprint density at radius 3 is 2.74 bits per heavy atom. The molecule has 0 aliphatic carbocycles. The molecule has 1 aromatic rings. The molecule has 1 saturated heterocycles. The van der Waals surface area contributed by atoms with Crippen molar-refractivity contribution < 1.29 is 18.8 Å². The van der Waals surface area contributed by atoms with E-state index < -0.39 is 28.5 Å². The quantitative estimate of drug-likeness (QED) is 0.667. The Labute approximate surface area is 133 Å². The number of non-ortho nitro benzene ring substituents is 1. The summed E-state index contributed by atoms with van der Waals surface area (Å²) in [5.41, 5.74) is -0.620. The fourth-order valence-electron chi connectivity index (χ4n) is 2.44. The number of halogens is 1. The van der Waals surface area contributed by atoms with E-state index in [1.165, 1.54) is 17.0 Å². The number of nitrogens with one attached hydrogen (secondary N) is 1. The van der Waals surface area contributed by atoms with Crippen LogP contribution in [0.4, 0.5) is 14.9 Å². The number of nitrogens with zero attached hydrogens (tertiary/aromatic N) is 2. The molecule has 0 saturated carbocycles. The standard InChI is InChI=1S/C15H20FN3O4/c1-15(2,3)23-14(20)18-5-4-17-9-13(18)10-6-11(16)8-12(7-10)19(21)22/h6-8,13,17H,4-5,9H2,1-3H3. The molecule has 1 aliphatic rings. The van der Waals surface area contributed by atoms with Gasteiger partial charge in [-0.1, -0.05) is 0 Å². The maximum Gasteiger partial charge on any atom is 0.410 e. The number of piperazine rings is 1. The van der Waals surface area contributed by atoms with Gasteiger partial charge in [0.05, 0.1) is 17.0 Å². The number of carbonyl (C=O) groups is 1. The van der Waals surface area contributed by atoms with Gasteiger partial charge < -0.3 is 10.1 Å². The Morgan fingerprint density at radius 2 is 2.13 bits per heavy atom. The number of carbonyl (C=O) groups excluding carboxylic acids is 1. The van der Waals surface area contributed by atoms with Crippen LogP contribution in [0.5, 0.6) is 0 Å². The van der Waals surface area contributed by atoms with Crippen LogP contribution in [-0.4, -0.2) is 41.2 Å². The number of amides is 1. The Balaban J connectivity index is 2.31. The zero-order valence-corrected chi connectivity index (χ0v) is 13.3. The first-order valence-corrected chi connectivity index (χ1v) is 7.32. The topological polar surface area (TPSA) is 84.7 Å². The lowest BCUT2D eigenvalue weighted by atomic mass is 10.0. The second kappa shape index (κ2) is 6.49. The van der Waals surface area contributed by atoms with Crippen LogP contribution in [0, 0.1) is 15.9 Å². The molecule has 1 unspecified atom stereocenters. The number of nitro groups is 1. The third-order valence-corrected chi connectivity index (χ3v) is 3.37. The highest BCUT2D eigenvalue weighted by molar-refractivity contribution is 5.69. The van der Waals surface area contributed by atoms with Crippen molar-refractivity contribution in [2.45, 2.75) is 32.4 Å². The van der Waals surface area contributed by atoms with Gasteiger partial charge in [-0.15, -0.1) is 0 Å². The smallest absolute Gasteiger partial charge is 0.410 e. The van der Waals surface area contributed by atoms with Gasteiger partial charge in [-0.3, -0.25) is 15.0 Å². The van der Waals surface area contributed by atoms with Crippen molar-refractivity contribution in [2.75, 3.05) is 19.6 Å². The van der Waals surface area contributed by atoms with Crippen LogP contribution in [0.2, 0.25) is 0 Å². The predicted octanol–water partition coefficient (Wildman–Crippen LogP) is 2.62. The first kappa shape index (κ1) is 17.1. The number of hydrogen-bond acceptors (Lipinski definition) is 5. The summed E-state index contributed by atoms with van der Waals surface area (Å²) in [7, 11) is 0. The van der Waals surface area contributed by atoms with Crippen molar-refractivity contribution >= 4 is 11.8 Å². The highest BCUT2D eigenvalue weighted by Crippen LogP contribution is 2.28. The Kier molecular flexibility index (Phi) is 4.84. The molecular formula is C15H20FN3O4. The molecule has 23 heavy (non-hydrogen) atoms. The Hall–Kier alpha value is -2.22. The summed E-state index contributed by atoms with van der Waals surface area (Å²) >= 11 is 0. The lowest BCUT2D eigenvalue weighted by molar-refractivity contribution is -0.385. The van der Waals surface area contributed by atoms with Gasteiger partial charge in [0, 0.05) is 25.7 Å². The van der Waals surface area contributed by atoms with E-state index in [9.17, 15) is 19.3 Å². The average molecular weight is 325 g/mol. The molecule has 1 heterocycles. The molecule has 2 rings (SSSR count). The summed E-state index contributed by atoms with van der Waals surface area (Å²) in [6, 6.07) is 2.84. The van der Waals surface area contributed by atoms with Gasteiger partial charge in [0.2, 0.25) is 0 Å². The van der Waals surface area contributed by atoms with Crippen molar-refractivity contribution in [3.8, 4) is 0 Å². The van der Waals surface area contributed by atoms with Gasteiger partial charge in [-0.25, -0.2) is 9.18 Å². The van der Waals surface area contributed by atoms with E-state index >= 15 is 0 Å². The zero-order chi connectivity index (χ0) is 17.2. The second-order valence-electron chi connectivity index (χ2n) is 6.39. The zero-order valence-electron chi connectivity index (χ0n) is 13.3. The minimum atomic E-state index is -0.705. The molecule has 1 atom stereocenters. The fourth-order valence-corrected chi connectivity index (χ4v) is 2.44. The van der Waals surface area contributed by atoms with Gasteiger partial charge in [-0.2, -0.15) is 0 Å². The monoisotopic (exact) mass is 325 g/mol. The van der Waals surface area contributed by atoms with Crippen LogP contribution in [0.1, 0.15) is 32.4 Å². The van der Waals surface area contributed by atoms with Crippen molar-refractivity contribution in [2.24, 2.45) is 0 Å². The number of hydrogen-bond donors (Lipinski definition) is 1. The van der Waals surface area contributed by atoms with Gasteiger partial charge in [0.15, 0.2) is 0 Å². The Morgan fingerprint density at radius 1 is 1.43 bits per heavy atom. The second-order valence-corrected chi connectivity index (χ2v) is 6.39. The molecule has 126 valence electrons. The normalized spacial score (nSPS) is 18.6. The predicted molar refractivity (Wildman–Crippen MR) is 81.6 cm³/mol. The first-order chi connectivity index (χ1) is 10.7. The van der Waals surface area contributed by atoms with Crippen LogP contribution < -0.4 is 5.32 Å². The summed E-state index contributed by atoms with van der Waals surface area (Å²) in [5.74, 6) is -0.705. The first-order valence-electron chi connectivity index (χ1n) is 7.32. The molecule has 1 fully saturated rings. The van der Waals surface area contributed by atoms with Gasteiger partial charge >= 0.3 is 6.09 Å². The molecule has 7 nitrogen and oxygen atoms in total. The molecule has 1 amide bonds. The highest BCUT2D eigenvalue weighted by atomic mass is 19.1. The van der Waals surface area contributed by atoms with Crippen molar-refractivity contribution in [1.29, 1.82) is 0 Å². The number of nitro benzene ring substituents is 1. The fraction of sp³-hybridized carbons (Fsp3) is 0.533. The number of ether oxygens (including phenoxy) is 1. The largest absolute Gasteiger partial charge is 0.444 e. The molecule has 0 radical (unpaired) electrons. The number of rotatable bonds is 2. The van der Waals surface area contributed by atoms with E-state index in [1.54, 1.807) is 20.8 Å². The lowest BCUT2D eigenvalue weighted by Crippen LogP contribution is -2.50. The molecule has 0 aromatic heterocycles. The van der Waals surface area contributed by atoms with E-state index in [4.69, 9.17) is 4.74 Å². The van der Waals surface area contributed by atoms with E-state index in [0.29, 0.717) is 25.2 Å². The molecule has 1 N–H and O–H groups in total. The number of benzene rings is 1. The summed E-state index contributed by atoms with van der Waals surface area (Å²) in [4.78, 5) is 24.1. The van der Waals surface area contributed by atoms with E-state index in [2.05, 4.69) is 5.32 Å². The summed E-state index contributed by atoms with van der Waals surface area (Å²) in [6.45, 7) is 6.61. The molecular weight excluding hydrogens is 305 g/mol. The third-order valence-electron chi connectivity index (χ3n) is 3.37. The minimum Gasteiger partial charge on any atom is -0.444 e. The maximum absolute atomic E-state index is 13.7. The molecule has 0 bridgehead atoms. The van der Waals surface area contributed by atoms with Crippen LogP contribution >= 0.6 is 0 Å². The van der Waals surface area contributed by atoms with Crippen molar-refractivity contribution in [3.63, 3.8) is 0 Å². The SMILES string of the molecule is CC(C)(C)OC(=O)N1CCNCC1c1cc(F)cc([N+](=O)[O-])c1. The van der Waals surface area contributed by atoms with E-state index in [-0.39, 0.29) is 5.69 Å². The van der Waals surface area contributed by atoms with Crippen molar-refractivity contribution in [1.82, 2.24) is 10.2 Å². The van der Waals surface area contributed by atoms with Crippen LogP contribution in [0.25, 0.3) is 0 Å².